The number of fused-ring (bicyclic) bond motifs is 1. The highest BCUT2D eigenvalue weighted by Crippen LogP contribution is 2.46. The van der Waals surface area contributed by atoms with Crippen molar-refractivity contribution in [3.05, 3.63) is 66.6 Å². The summed E-state index contributed by atoms with van der Waals surface area (Å²) in [6, 6.07) is 11.6. The van der Waals surface area contributed by atoms with Gasteiger partial charge in [-0.1, -0.05) is 43.9 Å². The molecule has 1 aliphatic heterocycles. The van der Waals surface area contributed by atoms with Crippen molar-refractivity contribution in [2.75, 3.05) is 37.9 Å². The van der Waals surface area contributed by atoms with Gasteiger partial charge in [-0.25, -0.2) is 37.5 Å². The van der Waals surface area contributed by atoms with E-state index in [1.165, 1.54) is 35.5 Å². The lowest BCUT2D eigenvalue weighted by Crippen LogP contribution is -2.56. The summed E-state index contributed by atoms with van der Waals surface area (Å²) in [6.07, 6.45) is 7.13. The third-order valence-electron chi connectivity index (χ3n) is 13.4. The fourth-order valence-corrected chi connectivity index (χ4v) is 11.5. The molecule has 7 rings (SSSR count). The van der Waals surface area contributed by atoms with E-state index in [0.717, 1.165) is 50.1 Å². The number of hydrogen-bond donors (Lipinski definition) is 5. The molecule has 5 atom stereocenters. The second kappa shape index (κ2) is 25.0. The normalized spacial score (nSPS) is 19.8. The van der Waals surface area contributed by atoms with Crippen molar-refractivity contribution in [3.63, 3.8) is 0 Å². The average Bonchev–Trinajstić information content (AvgIpc) is 3.84. The maximum absolute atomic E-state index is 14.6. The number of ether oxygens (including phenoxy) is 5. The zero-order valence-electron chi connectivity index (χ0n) is 44.4. The van der Waals surface area contributed by atoms with Crippen LogP contribution in [-0.2, 0) is 38.6 Å². The van der Waals surface area contributed by atoms with Gasteiger partial charge in [0.1, 0.15) is 57.5 Å². The highest BCUT2D eigenvalue weighted by molar-refractivity contribution is 7.90. The van der Waals surface area contributed by atoms with Gasteiger partial charge in [-0.3, -0.25) is 14.5 Å². The molecule has 76 heavy (non-hydrogen) atoms. The van der Waals surface area contributed by atoms with E-state index in [0.29, 0.717) is 59.6 Å². The van der Waals surface area contributed by atoms with Crippen molar-refractivity contribution in [2.45, 2.75) is 158 Å². The third kappa shape index (κ3) is 14.6. The Balaban J connectivity index is 0.985. The molecule has 0 bridgehead atoms. The van der Waals surface area contributed by atoms with Gasteiger partial charge in [0.05, 0.1) is 37.7 Å². The minimum absolute atomic E-state index is 0.000998. The first-order valence-electron chi connectivity index (χ1n) is 26.0. The minimum Gasteiger partial charge on any atom is -0.497 e. The van der Waals surface area contributed by atoms with Crippen LogP contribution in [0.15, 0.2) is 71.5 Å². The van der Waals surface area contributed by atoms with Crippen LogP contribution in [0.2, 0.25) is 0 Å². The van der Waals surface area contributed by atoms with E-state index in [-0.39, 0.29) is 42.1 Å². The summed E-state index contributed by atoms with van der Waals surface area (Å²) in [6.45, 7) is 13.4. The number of pyridine rings is 1. The summed E-state index contributed by atoms with van der Waals surface area (Å²) < 4.78 is 58.7. The summed E-state index contributed by atoms with van der Waals surface area (Å²) in [4.78, 5) is 78.2. The third-order valence-corrected chi connectivity index (χ3v) is 15.6. The van der Waals surface area contributed by atoms with Gasteiger partial charge in [0, 0.05) is 47.8 Å². The first-order chi connectivity index (χ1) is 36.2. The second-order valence-electron chi connectivity index (χ2n) is 20.8. The minimum atomic E-state index is -4.50. The number of methoxy groups -OCH3 is 2. The van der Waals surface area contributed by atoms with Crippen LogP contribution in [0.4, 0.5) is 20.4 Å². The molecule has 5 N–H and O–H groups in total. The molecule has 4 aromatic rings. The van der Waals surface area contributed by atoms with Crippen LogP contribution in [0.1, 0.15) is 112 Å². The van der Waals surface area contributed by atoms with Crippen LogP contribution >= 0.6 is 11.3 Å². The number of unbranched alkanes of at least 4 members (excludes halogenated alkanes) is 4. The van der Waals surface area contributed by atoms with Crippen LogP contribution in [0, 0.1) is 5.92 Å². The van der Waals surface area contributed by atoms with Gasteiger partial charge in [0.15, 0.2) is 5.13 Å². The monoisotopic (exact) mass is 1090 g/mol. The van der Waals surface area contributed by atoms with E-state index in [2.05, 4.69) is 32.6 Å². The van der Waals surface area contributed by atoms with Gasteiger partial charge in [-0.05, 0) is 104 Å². The van der Waals surface area contributed by atoms with Gasteiger partial charge in [0.2, 0.25) is 5.91 Å². The number of carbonyl (C=O) groups is 5. The van der Waals surface area contributed by atoms with Crippen molar-refractivity contribution < 1.29 is 56.1 Å². The zero-order valence-corrected chi connectivity index (χ0v) is 46.0. The Morgan fingerprint density at radius 2 is 1.68 bits per heavy atom. The maximum atomic E-state index is 14.6. The SMILES string of the molecule is C=C[C@@H]1C[C@]1(NC(=O)[C@@H]1C[C@@H](Oc2cc(-c3csc(NC(C)C)n3)nc3cc(OC)ccc23)CN1C(=O)OC(C)(C)C)C(=O)NS(=O)(=O)c1ccccc1NCCCCCCC[C@H](NC(=O)OC1CCCC1)C(=O)OC. The topological polar surface area (TPSA) is 255 Å². The van der Waals surface area contributed by atoms with Crippen molar-refractivity contribution in [1.82, 2.24) is 30.2 Å². The van der Waals surface area contributed by atoms with E-state index in [1.54, 1.807) is 64.3 Å². The standard InChI is InChI=1S/C54H72N8O12S2/c1-9-34-30-54(34,49(65)61-76(68,69)46-23-17-16-21-39(46)55-26-18-12-10-11-13-22-40(48(64)71-8)59-51(66)73-35-19-14-15-20-35)60-47(63)44-28-37(31-62(44)52(67)74-53(4,5)6)72-45-29-42(43-32-75-50(58-43)56-33(2)3)57-41-27-36(70-7)24-25-38(41)45/h9,16-17,21,23-25,27,29,32-35,37,40,44,55H,1,10-15,18-20,22,26,28,30-31H2,2-8H3,(H,56,58)(H,59,66)(H,60,63)(H,61,65)/t34-,37-,40+,44+,54-/m1/s1. The first kappa shape index (κ1) is 57.0. The Hall–Kier alpha value is -6.68. The van der Waals surface area contributed by atoms with E-state index in [4.69, 9.17) is 33.7 Å². The molecule has 412 valence electrons. The van der Waals surface area contributed by atoms with E-state index < -0.39 is 75.2 Å². The number of likely N-dealkylation sites (tertiary alicyclic amines) is 1. The molecule has 3 aliphatic rings. The molecular formula is C54H72N8O12S2. The van der Waals surface area contributed by atoms with Crippen LogP contribution in [0.25, 0.3) is 22.3 Å². The molecule has 2 saturated carbocycles. The highest BCUT2D eigenvalue weighted by atomic mass is 32.2. The fourth-order valence-electron chi connectivity index (χ4n) is 9.47. The van der Waals surface area contributed by atoms with Crippen molar-refractivity contribution in [1.29, 1.82) is 0 Å². The van der Waals surface area contributed by atoms with Crippen molar-refractivity contribution in [3.8, 4) is 22.9 Å². The Labute approximate surface area is 448 Å². The molecule has 3 fully saturated rings. The number of esters is 1. The van der Waals surface area contributed by atoms with Crippen molar-refractivity contribution >= 4 is 73.1 Å². The number of aromatic nitrogens is 2. The molecule has 0 spiro atoms. The Morgan fingerprint density at radius 3 is 2.38 bits per heavy atom. The molecule has 20 nitrogen and oxygen atoms in total. The number of para-hydroxylation sites is 1. The lowest BCUT2D eigenvalue weighted by molar-refractivity contribution is -0.143. The second-order valence-corrected chi connectivity index (χ2v) is 23.3. The fraction of sp³-hybridized carbons (Fsp3) is 0.537. The van der Waals surface area contributed by atoms with Gasteiger partial charge in [-0.2, -0.15) is 0 Å². The number of amides is 4. The molecule has 3 heterocycles. The maximum Gasteiger partial charge on any atom is 0.411 e. The van der Waals surface area contributed by atoms with Crippen LogP contribution in [0.5, 0.6) is 11.5 Å². The van der Waals surface area contributed by atoms with Crippen LogP contribution in [0.3, 0.4) is 0 Å². The number of carbonyl (C=O) groups excluding carboxylic acids is 5. The summed E-state index contributed by atoms with van der Waals surface area (Å²) >= 11 is 1.44. The van der Waals surface area contributed by atoms with E-state index in [9.17, 15) is 32.4 Å². The predicted octanol–water partition coefficient (Wildman–Crippen LogP) is 8.47. The number of sulfonamides is 1. The van der Waals surface area contributed by atoms with Crippen LogP contribution in [-0.4, -0.2) is 122 Å². The van der Waals surface area contributed by atoms with Gasteiger partial charge in [-0.15, -0.1) is 17.9 Å². The predicted molar refractivity (Wildman–Crippen MR) is 289 cm³/mol. The molecule has 2 aromatic carbocycles. The molecule has 0 radical (unpaired) electrons. The van der Waals surface area contributed by atoms with Crippen LogP contribution < -0.4 is 35.5 Å². The molecular weight excluding hydrogens is 1020 g/mol. The molecule has 2 aromatic heterocycles. The summed E-state index contributed by atoms with van der Waals surface area (Å²) in [5.74, 6) is -1.79. The lowest BCUT2D eigenvalue weighted by Gasteiger charge is -2.29. The van der Waals surface area contributed by atoms with E-state index in [1.807, 2.05) is 25.3 Å². The van der Waals surface area contributed by atoms with E-state index >= 15 is 0 Å². The molecule has 1 saturated heterocycles. The average molecular weight is 1090 g/mol. The zero-order chi connectivity index (χ0) is 54.8. The van der Waals surface area contributed by atoms with Gasteiger partial charge >= 0.3 is 18.2 Å². The number of alkyl carbamates (subject to hydrolysis) is 1. The van der Waals surface area contributed by atoms with Crippen molar-refractivity contribution in [2.24, 2.45) is 5.92 Å². The molecule has 4 amide bonds. The smallest absolute Gasteiger partial charge is 0.411 e. The Bertz CT molecular complexity index is 2850. The summed E-state index contributed by atoms with van der Waals surface area (Å²) in [5, 5.41) is 15.3. The Kier molecular flexibility index (Phi) is 18.8. The number of benzene rings is 2. The quantitative estimate of drug-likeness (QED) is 0.0191. The first-order valence-corrected chi connectivity index (χ1v) is 28.4. The number of nitrogens with zero attached hydrogens (tertiary/aromatic N) is 3. The van der Waals surface area contributed by atoms with Gasteiger partial charge in [0.25, 0.3) is 15.9 Å². The summed E-state index contributed by atoms with van der Waals surface area (Å²) in [5.41, 5.74) is -0.602. The highest BCUT2D eigenvalue weighted by Gasteiger charge is 2.61. The number of rotatable bonds is 24. The molecule has 2 aliphatic carbocycles. The number of hydrogen-bond acceptors (Lipinski definition) is 17. The number of anilines is 2. The van der Waals surface area contributed by atoms with Gasteiger partial charge < -0.3 is 45.0 Å². The Morgan fingerprint density at radius 1 is 0.947 bits per heavy atom. The lowest BCUT2D eigenvalue weighted by atomic mass is 10.1. The number of thiazole rings is 1. The summed E-state index contributed by atoms with van der Waals surface area (Å²) in [7, 11) is -1.65. The molecule has 0 unspecified atom stereocenters. The molecule has 22 heteroatoms. The largest absolute Gasteiger partial charge is 0.497 e. The number of nitrogens with one attached hydrogen (secondary N) is 5.